The lowest BCUT2D eigenvalue weighted by molar-refractivity contribution is -0.314. The van der Waals surface area contributed by atoms with Crippen molar-refractivity contribution in [3.8, 4) is 0 Å². The van der Waals surface area contributed by atoms with Gasteiger partial charge in [-0.2, -0.15) is 0 Å². The molecule has 1 N–H and O–H groups in total. The highest BCUT2D eigenvalue weighted by Gasteiger charge is 2.17. The SMILES string of the molecule is COCCC(=CC=Cc1cc2cc(Cl)ccc2[nH]1)C(=O)N(OC)OC. The molecule has 0 aliphatic heterocycles. The maximum Gasteiger partial charge on any atom is 0.300 e. The van der Waals surface area contributed by atoms with Gasteiger partial charge in [0, 0.05) is 40.7 Å². The second-order valence-corrected chi connectivity index (χ2v) is 5.61. The van der Waals surface area contributed by atoms with Crippen LogP contribution in [0.1, 0.15) is 12.1 Å². The second-order valence-electron chi connectivity index (χ2n) is 5.18. The summed E-state index contributed by atoms with van der Waals surface area (Å²) in [7, 11) is 4.31. The van der Waals surface area contributed by atoms with E-state index in [-0.39, 0.29) is 5.91 Å². The van der Waals surface area contributed by atoms with Gasteiger partial charge in [-0.05, 0) is 30.3 Å². The lowest BCUT2D eigenvalue weighted by atomic mass is 10.1. The van der Waals surface area contributed by atoms with E-state index in [9.17, 15) is 4.79 Å². The number of H-pyrrole nitrogens is 1. The van der Waals surface area contributed by atoms with Crippen LogP contribution in [-0.2, 0) is 19.2 Å². The molecular weight excluding hydrogens is 344 g/mol. The minimum atomic E-state index is -0.380. The molecule has 7 heteroatoms. The lowest BCUT2D eigenvalue weighted by Gasteiger charge is -2.17. The molecule has 0 radical (unpaired) electrons. The highest BCUT2D eigenvalue weighted by atomic mass is 35.5. The number of allylic oxidation sites excluding steroid dienone is 2. The molecule has 1 aromatic carbocycles. The molecule has 1 amide bonds. The molecule has 0 spiro atoms. The number of ether oxygens (including phenoxy) is 1. The largest absolute Gasteiger partial charge is 0.384 e. The Kier molecular flexibility index (Phi) is 7.21. The molecular formula is C18H21ClN2O4. The van der Waals surface area contributed by atoms with Gasteiger partial charge in [0.2, 0.25) is 0 Å². The quantitative estimate of drug-likeness (QED) is 0.440. The van der Waals surface area contributed by atoms with Gasteiger partial charge in [-0.25, -0.2) is 9.68 Å². The summed E-state index contributed by atoms with van der Waals surface area (Å²) in [5.41, 5.74) is 2.40. The Labute approximate surface area is 151 Å². The number of hydrogen-bond donors (Lipinski definition) is 1. The van der Waals surface area contributed by atoms with Gasteiger partial charge in [0.15, 0.2) is 0 Å². The van der Waals surface area contributed by atoms with Crippen molar-refractivity contribution in [2.75, 3.05) is 27.9 Å². The van der Waals surface area contributed by atoms with Crippen molar-refractivity contribution >= 4 is 34.5 Å². The monoisotopic (exact) mass is 364 g/mol. The molecule has 0 aliphatic rings. The van der Waals surface area contributed by atoms with Crippen molar-refractivity contribution in [2.45, 2.75) is 6.42 Å². The summed E-state index contributed by atoms with van der Waals surface area (Å²) in [5, 5.41) is 2.53. The van der Waals surface area contributed by atoms with Gasteiger partial charge < -0.3 is 9.72 Å². The standard InChI is InChI=1S/C18H21ClN2O4/c1-23-10-9-13(18(22)21(24-2)25-3)5-4-6-16-12-14-11-15(19)7-8-17(14)20-16/h4-8,11-12,20H,9-10H2,1-3H3. The first kappa shape index (κ1) is 19.2. The van der Waals surface area contributed by atoms with Crippen LogP contribution in [0.2, 0.25) is 5.02 Å². The number of carbonyl (C=O) groups excluding carboxylic acids is 1. The van der Waals surface area contributed by atoms with E-state index in [1.54, 1.807) is 19.3 Å². The van der Waals surface area contributed by atoms with E-state index in [1.807, 2.05) is 30.3 Å². The predicted molar refractivity (Wildman–Crippen MR) is 97.8 cm³/mol. The molecule has 0 saturated heterocycles. The number of fused-ring (bicyclic) bond motifs is 1. The van der Waals surface area contributed by atoms with E-state index in [1.165, 1.54) is 14.2 Å². The van der Waals surface area contributed by atoms with Crippen LogP contribution in [0.5, 0.6) is 0 Å². The number of hydrogen-bond acceptors (Lipinski definition) is 4. The third-order valence-electron chi connectivity index (χ3n) is 3.52. The zero-order chi connectivity index (χ0) is 18.2. The summed E-state index contributed by atoms with van der Waals surface area (Å²) in [5.74, 6) is -0.380. The molecule has 0 atom stereocenters. The van der Waals surface area contributed by atoms with Crippen LogP contribution < -0.4 is 0 Å². The number of halogens is 1. The van der Waals surface area contributed by atoms with E-state index >= 15 is 0 Å². The molecule has 0 unspecified atom stereocenters. The van der Waals surface area contributed by atoms with Crippen molar-refractivity contribution in [3.63, 3.8) is 0 Å². The Balaban J connectivity index is 2.19. The van der Waals surface area contributed by atoms with Gasteiger partial charge in [0.1, 0.15) is 0 Å². The number of hydroxylamine groups is 2. The first-order chi connectivity index (χ1) is 12.1. The average Bonchev–Trinajstić information content (AvgIpc) is 3.00. The number of nitrogens with one attached hydrogen (secondary N) is 1. The molecule has 6 nitrogen and oxygen atoms in total. The smallest absolute Gasteiger partial charge is 0.300 e. The summed E-state index contributed by atoms with van der Waals surface area (Å²) in [6.07, 6.45) is 5.81. The minimum Gasteiger partial charge on any atom is -0.384 e. The van der Waals surface area contributed by atoms with E-state index in [4.69, 9.17) is 26.0 Å². The molecule has 0 fully saturated rings. The highest BCUT2D eigenvalue weighted by molar-refractivity contribution is 6.31. The normalized spacial score (nSPS) is 12.2. The van der Waals surface area contributed by atoms with Gasteiger partial charge in [-0.15, -0.1) is 0 Å². The number of rotatable bonds is 8. The molecule has 25 heavy (non-hydrogen) atoms. The summed E-state index contributed by atoms with van der Waals surface area (Å²) in [6.45, 7) is 0.414. The highest BCUT2D eigenvalue weighted by Crippen LogP contribution is 2.20. The number of aromatic nitrogens is 1. The molecule has 1 heterocycles. The molecule has 0 aliphatic carbocycles. The Morgan fingerprint density at radius 2 is 2.00 bits per heavy atom. The van der Waals surface area contributed by atoms with E-state index in [2.05, 4.69) is 4.98 Å². The molecule has 134 valence electrons. The first-order valence-electron chi connectivity index (χ1n) is 7.66. The van der Waals surface area contributed by atoms with Gasteiger partial charge in [0.25, 0.3) is 5.91 Å². The van der Waals surface area contributed by atoms with Gasteiger partial charge >= 0.3 is 0 Å². The number of carbonyl (C=O) groups is 1. The van der Waals surface area contributed by atoms with E-state index < -0.39 is 0 Å². The van der Waals surface area contributed by atoms with Crippen molar-refractivity contribution in [3.05, 3.63) is 52.7 Å². The third kappa shape index (κ3) is 5.17. The van der Waals surface area contributed by atoms with Crippen LogP contribution in [0.4, 0.5) is 0 Å². The zero-order valence-corrected chi connectivity index (χ0v) is 15.2. The molecule has 0 saturated carbocycles. The molecule has 2 rings (SSSR count). The van der Waals surface area contributed by atoms with Gasteiger partial charge in [0.05, 0.1) is 20.8 Å². The Hall–Kier alpha value is -2.12. The topological polar surface area (TPSA) is 63.8 Å². The number of nitrogens with zero attached hydrogens (tertiary/aromatic N) is 1. The van der Waals surface area contributed by atoms with Crippen LogP contribution in [-0.4, -0.2) is 44.1 Å². The molecule has 2 aromatic rings. The third-order valence-corrected chi connectivity index (χ3v) is 3.76. The first-order valence-corrected chi connectivity index (χ1v) is 8.04. The number of methoxy groups -OCH3 is 1. The summed E-state index contributed by atoms with van der Waals surface area (Å²) >= 11 is 6.00. The van der Waals surface area contributed by atoms with Crippen LogP contribution in [0.15, 0.2) is 42.0 Å². The van der Waals surface area contributed by atoms with Crippen molar-refractivity contribution in [1.29, 1.82) is 0 Å². The van der Waals surface area contributed by atoms with Crippen LogP contribution in [0.3, 0.4) is 0 Å². The molecule has 0 bridgehead atoms. The Bertz CT molecular complexity index is 778. The maximum absolute atomic E-state index is 12.3. The predicted octanol–water partition coefficient (Wildman–Crippen LogP) is 3.75. The van der Waals surface area contributed by atoms with Crippen LogP contribution in [0, 0.1) is 0 Å². The van der Waals surface area contributed by atoms with Gasteiger partial charge in [-0.1, -0.05) is 29.0 Å². The van der Waals surface area contributed by atoms with Crippen LogP contribution >= 0.6 is 11.6 Å². The number of amides is 1. The minimum absolute atomic E-state index is 0.380. The Morgan fingerprint density at radius 1 is 1.24 bits per heavy atom. The van der Waals surface area contributed by atoms with Crippen LogP contribution in [0.25, 0.3) is 17.0 Å². The molecule has 1 aromatic heterocycles. The Morgan fingerprint density at radius 3 is 2.68 bits per heavy atom. The van der Waals surface area contributed by atoms with Crippen molar-refractivity contribution < 1.29 is 19.2 Å². The lowest BCUT2D eigenvalue weighted by Crippen LogP contribution is -2.30. The summed E-state index contributed by atoms with van der Waals surface area (Å²) < 4.78 is 5.05. The fourth-order valence-corrected chi connectivity index (χ4v) is 2.50. The second kappa shape index (κ2) is 9.39. The van der Waals surface area contributed by atoms with Crippen molar-refractivity contribution in [2.24, 2.45) is 0 Å². The average molecular weight is 365 g/mol. The maximum atomic E-state index is 12.3. The summed E-state index contributed by atoms with van der Waals surface area (Å²) in [6, 6.07) is 7.63. The van der Waals surface area contributed by atoms with E-state index in [0.717, 1.165) is 21.8 Å². The summed E-state index contributed by atoms with van der Waals surface area (Å²) in [4.78, 5) is 25.3. The van der Waals surface area contributed by atoms with Crippen molar-refractivity contribution in [1.82, 2.24) is 10.2 Å². The fourth-order valence-electron chi connectivity index (χ4n) is 2.31. The number of aromatic amines is 1. The fraction of sp³-hybridized carbons (Fsp3) is 0.278. The van der Waals surface area contributed by atoms with E-state index in [0.29, 0.717) is 23.6 Å². The number of benzene rings is 1. The van der Waals surface area contributed by atoms with Gasteiger partial charge in [-0.3, -0.25) is 4.79 Å². The zero-order valence-electron chi connectivity index (χ0n) is 14.4.